The molecule has 36 heavy (non-hydrogen) atoms. The monoisotopic (exact) mass is 488 g/mol. The summed E-state index contributed by atoms with van der Waals surface area (Å²) in [5.74, 6) is -1.10. The molecule has 188 valence electrons. The molecule has 5 rings (SSSR count). The van der Waals surface area contributed by atoms with E-state index in [1.165, 1.54) is 0 Å². The van der Waals surface area contributed by atoms with Gasteiger partial charge in [-0.15, -0.1) is 0 Å². The zero-order chi connectivity index (χ0) is 25.3. The van der Waals surface area contributed by atoms with Gasteiger partial charge in [0.2, 0.25) is 0 Å². The number of hydrogen-bond acceptors (Lipinski definition) is 6. The average Bonchev–Trinajstić information content (AvgIpc) is 3.48. The van der Waals surface area contributed by atoms with Crippen LogP contribution in [-0.4, -0.2) is 35.9 Å². The molecular formula is C30H32O6. The first-order valence-electron chi connectivity index (χ1n) is 12.5. The van der Waals surface area contributed by atoms with Gasteiger partial charge < -0.3 is 18.9 Å². The third-order valence-electron chi connectivity index (χ3n) is 7.51. The number of carbonyl (C=O) groups is 2. The molecule has 0 amide bonds. The summed E-state index contributed by atoms with van der Waals surface area (Å²) in [6.45, 7) is 8.25. The molecule has 0 N–H and O–H groups in total. The summed E-state index contributed by atoms with van der Waals surface area (Å²) in [7, 11) is 0. The van der Waals surface area contributed by atoms with Gasteiger partial charge in [-0.3, -0.25) is 0 Å². The van der Waals surface area contributed by atoms with Crippen molar-refractivity contribution in [2.45, 2.75) is 69.7 Å². The summed E-state index contributed by atoms with van der Waals surface area (Å²) in [5.41, 5.74) is 2.75. The predicted molar refractivity (Wildman–Crippen MR) is 134 cm³/mol. The van der Waals surface area contributed by atoms with Crippen LogP contribution in [0, 0.1) is 5.92 Å². The molecule has 0 bridgehead atoms. The number of rotatable bonds is 6. The molecule has 3 aliphatic rings. The number of ether oxygens (including phenoxy) is 4. The summed E-state index contributed by atoms with van der Waals surface area (Å²) in [5, 5.41) is 0. The maximum Gasteiger partial charge on any atom is 0.340 e. The Balaban J connectivity index is 1.40. The van der Waals surface area contributed by atoms with E-state index < -0.39 is 24.3 Å². The van der Waals surface area contributed by atoms with Crippen LogP contribution in [0.4, 0.5) is 0 Å². The quantitative estimate of drug-likeness (QED) is 0.240. The van der Waals surface area contributed by atoms with E-state index in [-0.39, 0.29) is 30.2 Å². The van der Waals surface area contributed by atoms with Crippen LogP contribution in [0.3, 0.4) is 0 Å². The van der Waals surface area contributed by atoms with Crippen LogP contribution in [0.15, 0.2) is 84.5 Å². The van der Waals surface area contributed by atoms with Crippen molar-refractivity contribution in [1.82, 2.24) is 0 Å². The standard InChI is InChI=1S/C30H32O6/c1-19-11-10-16-30(3)27(36-30)26-23(20(2)28(31)35-26)17-24(19)34-25(22-14-8-5-9-15-22)29(32)33-18-21-12-6-4-7-13-21/h4-9,11-15,23-27H,2,10,16-18H2,1,3H3/b19-11+/t23-,24-,25?,26-,27+,30+/m0/s1. The number of esters is 2. The highest BCUT2D eigenvalue weighted by Crippen LogP contribution is 2.50. The fraction of sp³-hybridized carbons (Fsp3) is 0.400. The maximum absolute atomic E-state index is 13.3. The van der Waals surface area contributed by atoms with Gasteiger partial charge in [0.1, 0.15) is 18.8 Å². The van der Waals surface area contributed by atoms with Crippen molar-refractivity contribution in [3.63, 3.8) is 0 Å². The van der Waals surface area contributed by atoms with Gasteiger partial charge in [0, 0.05) is 11.5 Å². The predicted octanol–water partition coefficient (Wildman–Crippen LogP) is 5.24. The lowest BCUT2D eigenvalue weighted by Crippen LogP contribution is -2.34. The topological polar surface area (TPSA) is 74.4 Å². The molecule has 0 saturated carbocycles. The fourth-order valence-corrected chi connectivity index (χ4v) is 5.22. The normalized spacial score (nSPS) is 31.8. The highest BCUT2D eigenvalue weighted by Gasteiger charge is 2.61. The van der Waals surface area contributed by atoms with E-state index in [2.05, 4.69) is 19.6 Å². The summed E-state index contributed by atoms with van der Waals surface area (Å²) in [4.78, 5) is 25.8. The highest BCUT2D eigenvalue weighted by molar-refractivity contribution is 5.91. The van der Waals surface area contributed by atoms with Gasteiger partial charge in [-0.25, -0.2) is 9.59 Å². The molecule has 0 radical (unpaired) electrons. The minimum atomic E-state index is -0.918. The fourth-order valence-electron chi connectivity index (χ4n) is 5.22. The Labute approximate surface area is 211 Å². The lowest BCUT2D eigenvalue weighted by molar-refractivity contribution is -0.162. The van der Waals surface area contributed by atoms with Crippen molar-refractivity contribution in [2.75, 3.05) is 0 Å². The number of epoxide rings is 1. The molecule has 2 aliphatic heterocycles. The largest absolute Gasteiger partial charge is 0.459 e. The molecule has 6 nitrogen and oxygen atoms in total. The van der Waals surface area contributed by atoms with Crippen molar-refractivity contribution in [3.05, 3.63) is 95.6 Å². The summed E-state index contributed by atoms with van der Waals surface area (Å²) < 4.78 is 24.0. The second-order valence-corrected chi connectivity index (χ2v) is 10.1. The van der Waals surface area contributed by atoms with Gasteiger partial charge in [0.05, 0.1) is 11.7 Å². The molecule has 6 atom stereocenters. The molecule has 6 heteroatoms. The first-order valence-corrected chi connectivity index (χ1v) is 12.5. The molecule has 2 saturated heterocycles. The molecule has 0 spiro atoms. The van der Waals surface area contributed by atoms with Gasteiger partial charge >= 0.3 is 11.9 Å². The third-order valence-corrected chi connectivity index (χ3v) is 7.51. The van der Waals surface area contributed by atoms with Crippen molar-refractivity contribution in [2.24, 2.45) is 5.92 Å². The molecular weight excluding hydrogens is 456 g/mol. The van der Waals surface area contributed by atoms with Crippen LogP contribution in [-0.2, 0) is 35.1 Å². The van der Waals surface area contributed by atoms with E-state index in [1.807, 2.05) is 67.6 Å². The molecule has 1 aliphatic carbocycles. The van der Waals surface area contributed by atoms with Gasteiger partial charge in [-0.1, -0.05) is 73.3 Å². The molecule has 1 unspecified atom stereocenters. The lowest BCUT2D eigenvalue weighted by Gasteiger charge is -2.29. The Morgan fingerprint density at radius 1 is 1.14 bits per heavy atom. The molecule has 2 fully saturated rings. The zero-order valence-corrected chi connectivity index (χ0v) is 20.7. The van der Waals surface area contributed by atoms with Gasteiger partial charge in [0.15, 0.2) is 6.10 Å². The zero-order valence-electron chi connectivity index (χ0n) is 20.7. The maximum atomic E-state index is 13.3. The van der Waals surface area contributed by atoms with E-state index in [1.54, 1.807) is 0 Å². The van der Waals surface area contributed by atoms with Gasteiger partial charge in [-0.2, -0.15) is 0 Å². The number of allylic oxidation sites excluding steroid dienone is 1. The Morgan fingerprint density at radius 2 is 1.83 bits per heavy atom. The first-order chi connectivity index (χ1) is 17.4. The molecule has 0 aromatic heterocycles. The van der Waals surface area contributed by atoms with Crippen LogP contribution >= 0.6 is 0 Å². The number of hydrogen-bond donors (Lipinski definition) is 0. The molecule has 2 aromatic rings. The first kappa shape index (κ1) is 24.5. The smallest absolute Gasteiger partial charge is 0.340 e. The summed E-state index contributed by atoms with van der Waals surface area (Å²) in [6.07, 6.45) is 2.33. The van der Waals surface area contributed by atoms with Crippen molar-refractivity contribution >= 4 is 11.9 Å². The van der Waals surface area contributed by atoms with Crippen LogP contribution in [0.2, 0.25) is 0 Å². The highest BCUT2D eigenvalue weighted by atomic mass is 16.6. The Hall–Kier alpha value is -3.22. The number of benzene rings is 2. The van der Waals surface area contributed by atoms with Crippen LogP contribution in [0.1, 0.15) is 50.3 Å². The summed E-state index contributed by atoms with van der Waals surface area (Å²) in [6, 6.07) is 18.9. The SMILES string of the molecule is C=C1C(=O)O[C@@H]2[C@H]3O[C@]3(C)CC/C=C(\C)[C@@H](OC(C(=O)OCc3ccccc3)c3ccccc3)C[C@@H]12. The van der Waals surface area contributed by atoms with Crippen molar-refractivity contribution in [3.8, 4) is 0 Å². The second kappa shape index (κ2) is 10.0. The van der Waals surface area contributed by atoms with E-state index in [9.17, 15) is 9.59 Å². The minimum absolute atomic E-state index is 0.154. The molecule has 2 heterocycles. The van der Waals surface area contributed by atoms with Crippen LogP contribution < -0.4 is 0 Å². The third kappa shape index (κ3) is 5.01. The second-order valence-electron chi connectivity index (χ2n) is 10.1. The number of carbonyl (C=O) groups excluding carboxylic acids is 2. The molecule has 2 aromatic carbocycles. The number of fused-ring (bicyclic) bond motifs is 3. The van der Waals surface area contributed by atoms with E-state index in [4.69, 9.17) is 18.9 Å². The minimum Gasteiger partial charge on any atom is -0.459 e. The van der Waals surface area contributed by atoms with E-state index in [0.29, 0.717) is 17.6 Å². The van der Waals surface area contributed by atoms with E-state index >= 15 is 0 Å². The lowest BCUT2D eigenvalue weighted by atomic mass is 9.83. The van der Waals surface area contributed by atoms with E-state index in [0.717, 1.165) is 24.0 Å². The summed E-state index contributed by atoms with van der Waals surface area (Å²) >= 11 is 0. The Morgan fingerprint density at radius 3 is 2.56 bits per heavy atom. The van der Waals surface area contributed by atoms with Crippen LogP contribution in [0.5, 0.6) is 0 Å². The van der Waals surface area contributed by atoms with Gasteiger partial charge in [-0.05, 0) is 49.8 Å². The Bertz CT molecular complexity index is 1160. The van der Waals surface area contributed by atoms with Crippen LogP contribution in [0.25, 0.3) is 0 Å². The average molecular weight is 489 g/mol. The van der Waals surface area contributed by atoms with Gasteiger partial charge in [0.25, 0.3) is 0 Å². The Kier molecular flexibility index (Phi) is 6.82. The van der Waals surface area contributed by atoms with Crippen molar-refractivity contribution in [1.29, 1.82) is 0 Å². The van der Waals surface area contributed by atoms with Crippen molar-refractivity contribution < 1.29 is 28.5 Å².